The summed E-state index contributed by atoms with van der Waals surface area (Å²) in [4.78, 5) is 12.2. The Morgan fingerprint density at radius 2 is 2.44 bits per heavy atom. The van der Waals surface area contributed by atoms with Crippen LogP contribution >= 0.6 is 0 Å². The molecule has 0 aromatic rings. The smallest absolute Gasteiger partial charge is 0.320 e. The van der Waals surface area contributed by atoms with Gasteiger partial charge < -0.3 is 5.11 Å². The van der Waals surface area contributed by atoms with Gasteiger partial charge in [0.05, 0.1) is 0 Å². The maximum atomic E-state index is 10.4. The zero-order chi connectivity index (χ0) is 6.85. The predicted molar refractivity (Wildman–Crippen MR) is 33.3 cm³/mol. The number of rotatable bonds is 1. The highest BCUT2D eigenvalue weighted by Crippen LogP contribution is 2.13. The molecule has 1 atom stereocenters. The highest BCUT2D eigenvalue weighted by atomic mass is 16.4. The highest BCUT2D eigenvalue weighted by molar-refractivity contribution is 5.73. The molecule has 3 nitrogen and oxygen atoms in total. The van der Waals surface area contributed by atoms with Gasteiger partial charge in [0.25, 0.3) is 0 Å². The van der Waals surface area contributed by atoms with E-state index in [4.69, 9.17) is 5.11 Å². The normalized spacial score (nSPS) is 28.8. The maximum Gasteiger partial charge on any atom is 0.320 e. The van der Waals surface area contributed by atoms with Gasteiger partial charge in [0.2, 0.25) is 0 Å². The molecule has 0 aromatic heterocycles. The Morgan fingerprint density at radius 1 is 1.78 bits per heavy atom. The number of carboxylic acid groups (broad SMARTS) is 1. The van der Waals surface area contributed by atoms with E-state index in [9.17, 15) is 4.79 Å². The topological polar surface area (TPSA) is 40.5 Å². The van der Waals surface area contributed by atoms with E-state index in [1.807, 2.05) is 11.9 Å². The average molecular weight is 129 g/mol. The molecule has 0 saturated carbocycles. The molecule has 1 saturated heterocycles. The lowest BCUT2D eigenvalue weighted by Gasteiger charge is -2.13. The molecule has 1 unspecified atom stereocenters. The van der Waals surface area contributed by atoms with Crippen molar-refractivity contribution in [3.8, 4) is 0 Å². The van der Waals surface area contributed by atoms with E-state index in [-0.39, 0.29) is 6.04 Å². The third kappa shape index (κ3) is 1.21. The summed E-state index contributed by atoms with van der Waals surface area (Å²) >= 11 is 0. The minimum Gasteiger partial charge on any atom is -0.480 e. The molecule has 1 fully saturated rings. The van der Waals surface area contributed by atoms with Crippen LogP contribution in [0.25, 0.3) is 0 Å². The summed E-state index contributed by atoms with van der Waals surface area (Å²) in [6.07, 6.45) is 1.83. The van der Waals surface area contributed by atoms with E-state index in [2.05, 4.69) is 0 Å². The number of likely N-dealkylation sites (tertiary alicyclic amines) is 1. The molecule has 0 aromatic carbocycles. The summed E-state index contributed by atoms with van der Waals surface area (Å²) in [6, 6.07) is -0.218. The molecule has 0 amide bonds. The number of aliphatic carboxylic acids is 1. The Hall–Kier alpha value is -0.570. The summed E-state index contributed by atoms with van der Waals surface area (Å²) in [5.41, 5.74) is 0. The summed E-state index contributed by atoms with van der Waals surface area (Å²) in [5.74, 6) is -0.685. The summed E-state index contributed by atoms with van der Waals surface area (Å²) in [7, 11) is 1.85. The molecule has 1 aliphatic rings. The second kappa shape index (κ2) is 2.35. The van der Waals surface area contributed by atoms with Crippen LogP contribution in [0.15, 0.2) is 0 Å². The van der Waals surface area contributed by atoms with Gasteiger partial charge in [-0.2, -0.15) is 0 Å². The summed E-state index contributed by atoms with van der Waals surface area (Å²) in [6.45, 7) is 0.928. The Morgan fingerprint density at radius 3 is 2.67 bits per heavy atom. The molecular weight excluding hydrogens is 118 g/mol. The van der Waals surface area contributed by atoms with Gasteiger partial charge in [-0.05, 0) is 26.4 Å². The van der Waals surface area contributed by atoms with E-state index >= 15 is 0 Å². The van der Waals surface area contributed by atoms with Gasteiger partial charge in [0.1, 0.15) is 6.04 Å². The Kier molecular flexibility index (Phi) is 1.71. The largest absolute Gasteiger partial charge is 0.480 e. The van der Waals surface area contributed by atoms with Crippen molar-refractivity contribution in [3.63, 3.8) is 0 Å². The van der Waals surface area contributed by atoms with Crippen molar-refractivity contribution in [1.82, 2.24) is 4.90 Å². The minimum absolute atomic E-state index is 0.218. The van der Waals surface area contributed by atoms with E-state index in [1.54, 1.807) is 0 Å². The molecule has 9 heavy (non-hydrogen) atoms. The molecule has 0 radical (unpaired) electrons. The maximum absolute atomic E-state index is 10.4. The summed E-state index contributed by atoms with van der Waals surface area (Å²) < 4.78 is 0. The molecule has 0 spiro atoms. The second-order valence-electron chi connectivity index (χ2n) is 2.48. The average Bonchev–Trinajstić information content (AvgIpc) is 2.13. The van der Waals surface area contributed by atoms with Crippen LogP contribution in [0.5, 0.6) is 0 Å². The van der Waals surface area contributed by atoms with E-state index in [1.165, 1.54) is 0 Å². The number of carbonyl (C=O) groups is 1. The van der Waals surface area contributed by atoms with Gasteiger partial charge in [-0.1, -0.05) is 0 Å². The molecular formula is C6H11NO2. The van der Waals surface area contributed by atoms with Crippen LogP contribution in [0.3, 0.4) is 0 Å². The molecule has 3 heteroatoms. The predicted octanol–water partition coefficient (Wildman–Crippen LogP) is 0.165. The van der Waals surface area contributed by atoms with Crippen molar-refractivity contribution in [2.24, 2.45) is 0 Å². The third-order valence-corrected chi connectivity index (χ3v) is 1.81. The standard InChI is InChI=1S/C6H11NO2/c1-7-4-2-3-5(7)6(8)9/h5H,2-4H2,1H3,(H,8,9). The third-order valence-electron chi connectivity index (χ3n) is 1.81. The van der Waals surface area contributed by atoms with Crippen LogP contribution in [0, 0.1) is 0 Å². The molecule has 1 aliphatic heterocycles. The van der Waals surface area contributed by atoms with Crippen LogP contribution in [0.4, 0.5) is 0 Å². The Labute approximate surface area is 54.3 Å². The summed E-state index contributed by atoms with van der Waals surface area (Å²) in [5, 5.41) is 8.54. The number of hydrogen-bond donors (Lipinski definition) is 1. The monoisotopic (exact) mass is 129 g/mol. The lowest BCUT2D eigenvalue weighted by Crippen LogP contribution is -2.32. The van der Waals surface area contributed by atoms with E-state index in [0.29, 0.717) is 0 Å². The van der Waals surface area contributed by atoms with Crippen LogP contribution in [-0.4, -0.2) is 35.6 Å². The number of hydrogen-bond acceptors (Lipinski definition) is 2. The molecule has 0 bridgehead atoms. The highest BCUT2D eigenvalue weighted by Gasteiger charge is 2.26. The first-order valence-electron chi connectivity index (χ1n) is 3.15. The fourth-order valence-electron chi connectivity index (χ4n) is 1.22. The fraction of sp³-hybridized carbons (Fsp3) is 0.833. The molecule has 0 aliphatic carbocycles. The van der Waals surface area contributed by atoms with Crippen molar-refractivity contribution < 1.29 is 9.90 Å². The van der Waals surface area contributed by atoms with Crippen LogP contribution in [-0.2, 0) is 4.79 Å². The number of nitrogens with zero attached hydrogens (tertiary/aromatic N) is 1. The first-order chi connectivity index (χ1) is 4.22. The Balaban J connectivity index is 2.49. The molecule has 1 N–H and O–H groups in total. The van der Waals surface area contributed by atoms with Gasteiger partial charge >= 0.3 is 5.97 Å². The van der Waals surface area contributed by atoms with E-state index in [0.717, 1.165) is 19.4 Å². The number of likely N-dealkylation sites (N-methyl/N-ethyl adjacent to an activating group) is 1. The first kappa shape index (κ1) is 6.55. The lowest BCUT2D eigenvalue weighted by atomic mass is 10.2. The van der Waals surface area contributed by atoms with E-state index < -0.39 is 5.97 Å². The lowest BCUT2D eigenvalue weighted by molar-refractivity contribution is -0.141. The number of carboxylic acids is 1. The van der Waals surface area contributed by atoms with Gasteiger partial charge in [-0.3, -0.25) is 9.69 Å². The molecule has 1 rings (SSSR count). The van der Waals surface area contributed by atoms with Gasteiger partial charge in [-0.15, -0.1) is 0 Å². The van der Waals surface area contributed by atoms with Crippen molar-refractivity contribution in [2.75, 3.05) is 13.6 Å². The second-order valence-corrected chi connectivity index (χ2v) is 2.48. The van der Waals surface area contributed by atoms with Gasteiger partial charge in [-0.25, -0.2) is 0 Å². The van der Waals surface area contributed by atoms with Crippen LogP contribution in [0.2, 0.25) is 0 Å². The quantitative estimate of drug-likeness (QED) is 0.548. The van der Waals surface area contributed by atoms with Gasteiger partial charge in [0.15, 0.2) is 0 Å². The zero-order valence-corrected chi connectivity index (χ0v) is 5.50. The minimum atomic E-state index is -0.685. The molecule has 52 valence electrons. The zero-order valence-electron chi connectivity index (χ0n) is 5.50. The fourth-order valence-corrected chi connectivity index (χ4v) is 1.22. The van der Waals surface area contributed by atoms with Crippen molar-refractivity contribution in [2.45, 2.75) is 18.9 Å². The SMILES string of the molecule is CN1CCCC1C(=O)O. The van der Waals surface area contributed by atoms with Crippen molar-refractivity contribution in [1.29, 1.82) is 0 Å². The van der Waals surface area contributed by atoms with Gasteiger partial charge in [0, 0.05) is 0 Å². The van der Waals surface area contributed by atoms with Crippen LogP contribution < -0.4 is 0 Å². The first-order valence-corrected chi connectivity index (χ1v) is 3.15. The van der Waals surface area contributed by atoms with Crippen LogP contribution in [0.1, 0.15) is 12.8 Å². The molecule has 1 heterocycles. The Bertz CT molecular complexity index is 124. The van der Waals surface area contributed by atoms with Crippen molar-refractivity contribution >= 4 is 5.97 Å². The van der Waals surface area contributed by atoms with Crippen molar-refractivity contribution in [3.05, 3.63) is 0 Å².